The van der Waals surface area contributed by atoms with Crippen LogP contribution in [0.1, 0.15) is 42.5 Å². The molecule has 31 heavy (non-hydrogen) atoms. The molecule has 0 radical (unpaired) electrons. The van der Waals surface area contributed by atoms with Crippen LogP contribution in [0, 0.1) is 28.9 Å². The standard InChI is InChI=1S/C21H22F2N4O3S/c1-3-12(9-30-2)25-19(28)14-7-13(14)18-15(8-24)20(29)27-21(26-18)31-10-11-5-4-6-16(22)17(11)23/h4-6,12-14H,3,7,9-10H2,1-2H3,(H,25,28)(H,26,27,29). The maximum atomic E-state index is 13.9. The molecule has 7 nitrogen and oxygen atoms in total. The molecule has 0 saturated heterocycles. The maximum absolute atomic E-state index is 13.9. The lowest BCUT2D eigenvalue weighted by molar-refractivity contribution is -0.123. The van der Waals surface area contributed by atoms with E-state index in [1.54, 1.807) is 7.11 Å². The number of hydrogen-bond donors (Lipinski definition) is 2. The summed E-state index contributed by atoms with van der Waals surface area (Å²) in [6.07, 6.45) is 1.18. The third-order valence-corrected chi connectivity index (χ3v) is 6.04. The molecule has 1 aliphatic rings. The number of benzene rings is 1. The van der Waals surface area contributed by atoms with Crippen LogP contribution < -0.4 is 10.9 Å². The maximum Gasteiger partial charge on any atom is 0.269 e. The first-order valence-corrected chi connectivity index (χ1v) is 10.8. The van der Waals surface area contributed by atoms with Crippen LogP contribution >= 0.6 is 11.8 Å². The predicted octanol–water partition coefficient (Wildman–Crippen LogP) is 2.86. The molecule has 3 atom stereocenters. The van der Waals surface area contributed by atoms with Crippen LogP contribution in [0.25, 0.3) is 0 Å². The number of aromatic nitrogens is 2. The molecule has 10 heteroatoms. The number of nitrogens with zero attached hydrogens (tertiary/aromatic N) is 2. The Kier molecular flexibility index (Phi) is 7.41. The van der Waals surface area contributed by atoms with E-state index in [2.05, 4.69) is 15.3 Å². The van der Waals surface area contributed by atoms with Crippen LogP contribution in [-0.2, 0) is 15.3 Å². The number of nitriles is 1. The molecule has 1 aromatic heterocycles. The minimum Gasteiger partial charge on any atom is -0.383 e. The lowest BCUT2D eigenvalue weighted by Gasteiger charge is -2.15. The van der Waals surface area contributed by atoms with Crippen LogP contribution in [0.5, 0.6) is 0 Å². The molecule has 2 aromatic rings. The molecule has 0 aliphatic heterocycles. The highest BCUT2D eigenvalue weighted by molar-refractivity contribution is 7.98. The van der Waals surface area contributed by atoms with Gasteiger partial charge in [-0.1, -0.05) is 30.8 Å². The van der Waals surface area contributed by atoms with Crippen molar-refractivity contribution in [2.24, 2.45) is 5.92 Å². The fraction of sp³-hybridized carbons (Fsp3) is 0.429. The Bertz CT molecular complexity index is 1070. The van der Waals surface area contributed by atoms with E-state index in [1.165, 1.54) is 12.1 Å². The zero-order chi connectivity index (χ0) is 22.5. The third-order valence-electron chi connectivity index (χ3n) is 5.12. The Morgan fingerprint density at radius 1 is 1.48 bits per heavy atom. The number of rotatable bonds is 9. The van der Waals surface area contributed by atoms with Gasteiger partial charge >= 0.3 is 0 Å². The SMILES string of the molecule is CCC(COC)NC(=O)C1CC1c1nc(SCc2cccc(F)c2F)[nH]c(=O)c1C#N. The summed E-state index contributed by atoms with van der Waals surface area (Å²) in [6.45, 7) is 2.33. The van der Waals surface area contributed by atoms with E-state index < -0.39 is 17.2 Å². The zero-order valence-electron chi connectivity index (χ0n) is 17.1. The molecule has 0 bridgehead atoms. The summed E-state index contributed by atoms with van der Waals surface area (Å²) in [5, 5.41) is 12.5. The van der Waals surface area contributed by atoms with Gasteiger partial charge in [0.25, 0.3) is 5.56 Å². The number of amides is 1. The molecule has 2 N–H and O–H groups in total. The van der Waals surface area contributed by atoms with Crippen LogP contribution in [0.4, 0.5) is 8.78 Å². The average Bonchev–Trinajstić information content (AvgIpc) is 3.55. The molecule has 1 fully saturated rings. The second-order valence-electron chi connectivity index (χ2n) is 7.26. The Morgan fingerprint density at radius 3 is 2.94 bits per heavy atom. The number of H-pyrrole nitrogens is 1. The van der Waals surface area contributed by atoms with Crippen molar-refractivity contribution in [2.45, 2.75) is 42.6 Å². The fourth-order valence-electron chi connectivity index (χ4n) is 3.28. The average molecular weight is 448 g/mol. The Balaban J connectivity index is 1.76. The van der Waals surface area contributed by atoms with Crippen LogP contribution in [0.3, 0.4) is 0 Å². The van der Waals surface area contributed by atoms with Gasteiger partial charge in [-0.2, -0.15) is 5.26 Å². The number of aromatic amines is 1. The van der Waals surface area contributed by atoms with Gasteiger partial charge in [0.1, 0.15) is 11.6 Å². The predicted molar refractivity (Wildman–Crippen MR) is 110 cm³/mol. The number of hydrogen-bond acceptors (Lipinski definition) is 6. The third kappa shape index (κ3) is 5.29. The smallest absolute Gasteiger partial charge is 0.269 e. The lowest BCUT2D eigenvalue weighted by atomic mass is 10.1. The van der Waals surface area contributed by atoms with Gasteiger partial charge in [-0.05, 0) is 18.9 Å². The second-order valence-corrected chi connectivity index (χ2v) is 8.23. The van der Waals surface area contributed by atoms with Crippen molar-refractivity contribution in [1.82, 2.24) is 15.3 Å². The van der Waals surface area contributed by atoms with E-state index in [1.807, 2.05) is 13.0 Å². The first-order valence-electron chi connectivity index (χ1n) is 9.78. The van der Waals surface area contributed by atoms with Gasteiger partial charge < -0.3 is 15.0 Å². The van der Waals surface area contributed by atoms with Crippen LogP contribution in [0.15, 0.2) is 28.2 Å². The van der Waals surface area contributed by atoms with Gasteiger partial charge in [0, 0.05) is 30.3 Å². The topological polar surface area (TPSA) is 108 Å². The number of halogens is 2. The van der Waals surface area contributed by atoms with Crippen LogP contribution in [0.2, 0.25) is 0 Å². The summed E-state index contributed by atoms with van der Waals surface area (Å²) in [5.74, 6) is -2.76. The first kappa shape index (κ1) is 22.9. The van der Waals surface area contributed by atoms with Gasteiger partial charge in [0.15, 0.2) is 16.8 Å². The molecule has 164 valence electrons. The summed E-state index contributed by atoms with van der Waals surface area (Å²) in [6, 6.07) is 5.61. The Morgan fingerprint density at radius 2 is 2.26 bits per heavy atom. The molecule has 3 unspecified atom stereocenters. The summed E-state index contributed by atoms with van der Waals surface area (Å²) < 4.78 is 32.3. The van der Waals surface area contributed by atoms with E-state index in [9.17, 15) is 23.6 Å². The second kappa shape index (κ2) is 10.0. The van der Waals surface area contributed by atoms with Gasteiger partial charge in [0.2, 0.25) is 5.91 Å². The molecule has 0 spiro atoms. The van der Waals surface area contributed by atoms with Crippen LogP contribution in [-0.4, -0.2) is 35.6 Å². The van der Waals surface area contributed by atoms with Crippen molar-refractivity contribution >= 4 is 17.7 Å². The monoisotopic (exact) mass is 448 g/mol. The molecule has 1 heterocycles. The number of ether oxygens (including phenoxy) is 1. The molecular formula is C21H22F2N4O3S. The van der Waals surface area contributed by atoms with Crippen molar-refractivity contribution in [1.29, 1.82) is 5.26 Å². The largest absolute Gasteiger partial charge is 0.383 e. The number of methoxy groups -OCH3 is 1. The molecule has 1 saturated carbocycles. The molecule has 1 aromatic carbocycles. The van der Waals surface area contributed by atoms with Gasteiger partial charge in [-0.15, -0.1) is 0 Å². The normalized spacial score (nSPS) is 18.3. The minimum atomic E-state index is -0.953. The molecule has 3 rings (SSSR count). The number of carbonyl (C=O) groups excluding carboxylic acids is 1. The summed E-state index contributed by atoms with van der Waals surface area (Å²) in [7, 11) is 1.56. The number of carbonyl (C=O) groups is 1. The Hall–Kier alpha value is -2.77. The van der Waals surface area contributed by atoms with Crippen molar-refractivity contribution in [3.8, 4) is 6.07 Å². The molecule has 1 amide bonds. The van der Waals surface area contributed by atoms with Gasteiger partial charge in [0.05, 0.1) is 18.3 Å². The number of thioether (sulfide) groups is 1. The zero-order valence-corrected chi connectivity index (χ0v) is 17.9. The summed E-state index contributed by atoms with van der Waals surface area (Å²) in [5.41, 5.74) is -0.364. The highest BCUT2D eigenvalue weighted by Gasteiger charge is 2.47. The highest BCUT2D eigenvalue weighted by Crippen LogP contribution is 2.47. The van der Waals surface area contributed by atoms with Crippen molar-refractivity contribution in [3.63, 3.8) is 0 Å². The van der Waals surface area contributed by atoms with E-state index in [-0.39, 0.29) is 51.5 Å². The van der Waals surface area contributed by atoms with E-state index in [0.29, 0.717) is 19.4 Å². The molecule has 1 aliphatic carbocycles. The lowest BCUT2D eigenvalue weighted by Crippen LogP contribution is -2.38. The van der Waals surface area contributed by atoms with E-state index in [0.717, 1.165) is 17.8 Å². The van der Waals surface area contributed by atoms with E-state index in [4.69, 9.17) is 4.74 Å². The fourth-order valence-corrected chi connectivity index (χ4v) is 4.12. The van der Waals surface area contributed by atoms with E-state index >= 15 is 0 Å². The molecular weight excluding hydrogens is 426 g/mol. The Labute approximate surface area is 182 Å². The minimum absolute atomic E-state index is 0.0433. The summed E-state index contributed by atoms with van der Waals surface area (Å²) in [4.78, 5) is 31.8. The van der Waals surface area contributed by atoms with Crippen molar-refractivity contribution < 1.29 is 18.3 Å². The van der Waals surface area contributed by atoms with Gasteiger partial charge in [-0.3, -0.25) is 9.59 Å². The number of nitrogens with one attached hydrogen (secondary N) is 2. The quantitative estimate of drug-likeness (QED) is 0.451. The highest BCUT2D eigenvalue weighted by atomic mass is 32.2. The summed E-state index contributed by atoms with van der Waals surface area (Å²) >= 11 is 1.02. The van der Waals surface area contributed by atoms with Crippen molar-refractivity contribution in [3.05, 3.63) is 57.0 Å². The van der Waals surface area contributed by atoms with Gasteiger partial charge in [-0.25, -0.2) is 13.8 Å². The first-order chi connectivity index (χ1) is 14.9. The van der Waals surface area contributed by atoms with Crippen molar-refractivity contribution in [2.75, 3.05) is 13.7 Å².